The fraction of sp³-hybridized carbons (Fsp3) is 0.583. The van der Waals surface area contributed by atoms with Gasteiger partial charge in [0.25, 0.3) is 5.88 Å². The Morgan fingerprint density at radius 2 is 1.88 bits per heavy atom. The lowest BCUT2D eigenvalue weighted by molar-refractivity contribution is -0.0167. The van der Waals surface area contributed by atoms with Crippen molar-refractivity contribution in [3.63, 3.8) is 0 Å². The van der Waals surface area contributed by atoms with Crippen molar-refractivity contribution < 1.29 is 23.7 Å². The Hall–Kier alpha value is -2.65. The predicted molar refractivity (Wildman–Crippen MR) is 124 cm³/mol. The Labute approximate surface area is 203 Å². The minimum atomic E-state index is -0.504. The quantitative estimate of drug-likeness (QED) is 0.554. The third-order valence-electron chi connectivity index (χ3n) is 6.55. The minimum absolute atomic E-state index is 0.0421. The number of hydrogen-bond acceptors (Lipinski definition) is 8. The van der Waals surface area contributed by atoms with Crippen LogP contribution in [0.15, 0.2) is 24.4 Å². The largest absolute Gasteiger partial charge is 0.472 e. The molecule has 3 aliphatic rings. The van der Waals surface area contributed by atoms with Gasteiger partial charge >= 0.3 is 6.09 Å². The van der Waals surface area contributed by atoms with E-state index in [-0.39, 0.29) is 31.1 Å². The third kappa shape index (κ3) is 4.63. The smallest absolute Gasteiger partial charge is 0.410 e. The van der Waals surface area contributed by atoms with E-state index < -0.39 is 5.60 Å². The fourth-order valence-corrected chi connectivity index (χ4v) is 5.37. The molecule has 0 radical (unpaired) electrons. The number of rotatable bonds is 6. The molecule has 9 nitrogen and oxygen atoms in total. The molecule has 5 atom stereocenters. The summed E-state index contributed by atoms with van der Waals surface area (Å²) in [7, 11) is 1.54. The summed E-state index contributed by atoms with van der Waals surface area (Å²) in [4.78, 5) is 19.2. The number of carbonyl (C=O) groups is 1. The Kier molecular flexibility index (Phi) is 6.02. The second-order valence-corrected chi connectivity index (χ2v) is 10.5. The van der Waals surface area contributed by atoms with Crippen LogP contribution in [0.5, 0.6) is 11.6 Å². The zero-order chi connectivity index (χ0) is 24.0. The summed E-state index contributed by atoms with van der Waals surface area (Å²) in [5.41, 5.74) is 0.152. The summed E-state index contributed by atoms with van der Waals surface area (Å²) in [6, 6.07) is 5.51. The van der Waals surface area contributed by atoms with Gasteiger partial charge in [0, 0.05) is 37.1 Å². The summed E-state index contributed by atoms with van der Waals surface area (Å²) in [5.74, 6) is 2.37. The molecular weight excluding hydrogens is 460 g/mol. The molecule has 1 amide bonds. The van der Waals surface area contributed by atoms with Crippen molar-refractivity contribution in [1.29, 1.82) is 0 Å². The van der Waals surface area contributed by atoms with E-state index in [4.69, 9.17) is 30.5 Å². The average Bonchev–Trinajstić information content (AvgIpc) is 3.54. The normalized spacial score (nSPS) is 27.2. The number of amides is 1. The maximum Gasteiger partial charge on any atom is 0.410 e. The van der Waals surface area contributed by atoms with E-state index in [1.54, 1.807) is 31.5 Å². The standard InChI is InChI=1S/C24H29ClN4O5/c1-24(2,3)34-23(30)29-18-8-14(9-19(29)17-10-16(17)18)33-21-11-26-22(28-27-21)15-6-5-13(25)7-20(15)32-12-31-4/h5-7,11,14,16-19H,8-10,12H2,1-4H3/t14-,16-,17+,18?,19?. The highest BCUT2D eigenvalue weighted by Crippen LogP contribution is 2.59. The number of methoxy groups -OCH3 is 1. The molecule has 3 fully saturated rings. The fourth-order valence-electron chi connectivity index (χ4n) is 5.21. The summed E-state index contributed by atoms with van der Waals surface area (Å²) in [5, 5.41) is 9.01. The number of hydrogen-bond donors (Lipinski definition) is 0. The molecule has 2 aromatic rings. The number of fused-ring (bicyclic) bond motifs is 5. The van der Waals surface area contributed by atoms with E-state index in [1.165, 1.54) is 6.42 Å². The maximum atomic E-state index is 12.8. The molecule has 2 saturated heterocycles. The van der Waals surface area contributed by atoms with Crippen molar-refractivity contribution in [2.24, 2.45) is 11.8 Å². The van der Waals surface area contributed by atoms with Crippen LogP contribution in [-0.4, -0.2) is 63.9 Å². The van der Waals surface area contributed by atoms with Gasteiger partial charge in [-0.05, 0) is 57.2 Å². The lowest BCUT2D eigenvalue weighted by atomic mass is 9.95. The summed E-state index contributed by atoms with van der Waals surface area (Å²) in [6.45, 7) is 5.77. The molecule has 0 spiro atoms. The van der Waals surface area contributed by atoms with Crippen molar-refractivity contribution in [3.8, 4) is 23.0 Å². The number of piperidine rings is 2. The molecule has 3 heterocycles. The van der Waals surface area contributed by atoms with Crippen molar-refractivity contribution >= 4 is 17.7 Å². The summed E-state index contributed by atoms with van der Waals surface area (Å²) >= 11 is 6.09. The van der Waals surface area contributed by atoms with E-state index in [2.05, 4.69) is 15.2 Å². The lowest BCUT2D eigenvalue weighted by Gasteiger charge is -2.41. The number of ether oxygens (including phenoxy) is 4. The second-order valence-electron chi connectivity index (χ2n) is 10.1. The molecule has 1 aromatic carbocycles. The molecule has 182 valence electrons. The van der Waals surface area contributed by atoms with Crippen LogP contribution in [0, 0.1) is 11.8 Å². The summed E-state index contributed by atoms with van der Waals surface area (Å²) in [6.07, 6.45) is 4.01. The molecule has 0 N–H and O–H groups in total. The van der Waals surface area contributed by atoms with Crippen LogP contribution in [0.4, 0.5) is 4.79 Å². The van der Waals surface area contributed by atoms with Gasteiger partial charge in [0.1, 0.15) is 17.5 Å². The number of benzene rings is 1. The van der Waals surface area contributed by atoms with Crippen LogP contribution in [0.1, 0.15) is 40.0 Å². The van der Waals surface area contributed by atoms with Gasteiger partial charge in [0.15, 0.2) is 12.6 Å². The molecule has 1 saturated carbocycles. The number of halogens is 1. The highest BCUT2D eigenvalue weighted by atomic mass is 35.5. The molecule has 2 bridgehead atoms. The van der Waals surface area contributed by atoms with Crippen molar-refractivity contribution in [3.05, 3.63) is 29.4 Å². The third-order valence-corrected chi connectivity index (χ3v) is 6.79. The van der Waals surface area contributed by atoms with Crippen LogP contribution in [-0.2, 0) is 9.47 Å². The molecule has 2 unspecified atom stereocenters. The van der Waals surface area contributed by atoms with Crippen LogP contribution < -0.4 is 9.47 Å². The van der Waals surface area contributed by atoms with Gasteiger partial charge in [-0.25, -0.2) is 9.78 Å². The monoisotopic (exact) mass is 488 g/mol. The molecule has 2 aliphatic heterocycles. The van der Waals surface area contributed by atoms with Crippen LogP contribution in [0.25, 0.3) is 11.4 Å². The number of nitrogens with zero attached hydrogens (tertiary/aromatic N) is 4. The molecular formula is C24H29ClN4O5. The topological polar surface area (TPSA) is 95.9 Å². The summed E-state index contributed by atoms with van der Waals surface area (Å²) < 4.78 is 22.4. The molecule has 1 aliphatic carbocycles. The van der Waals surface area contributed by atoms with E-state index in [0.29, 0.717) is 39.9 Å². The first-order chi connectivity index (χ1) is 16.2. The van der Waals surface area contributed by atoms with E-state index >= 15 is 0 Å². The van der Waals surface area contributed by atoms with Gasteiger partial charge in [0.05, 0.1) is 11.8 Å². The first-order valence-electron chi connectivity index (χ1n) is 11.5. The Morgan fingerprint density at radius 1 is 1.15 bits per heavy atom. The SMILES string of the molecule is COCOc1cc(Cl)ccc1-c1ncc(O[C@H]2CC3[C@H]4C[C@H]4C(C2)N3C(=O)OC(C)(C)C)nn1. The Balaban J connectivity index is 1.25. The zero-order valence-electron chi connectivity index (χ0n) is 19.7. The Bertz CT molecular complexity index is 1040. The van der Waals surface area contributed by atoms with Gasteiger partial charge in [-0.2, -0.15) is 0 Å². The van der Waals surface area contributed by atoms with Crippen molar-refractivity contribution in [2.75, 3.05) is 13.9 Å². The Morgan fingerprint density at radius 3 is 2.50 bits per heavy atom. The predicted octanol–water partition coefficient (Wildman–Crippen LogP) is 4.34. The second kappa shape index (κ2) is 8.85. The molecule has 5 rings (SSSR count). The average molecular weight is 489 g/mol. The van der Waals surface area contributed by atoms with Gasteiger partial charge in [0.2, 0.25) is 0 Å². The van der Waals surface area contributed by atoms with Crippen LogP contribution in [0.3, 0.4) is 0 Å². The first-order valence-corrected chi connectivity index (χ1v) is 11.9. The lowest BCUT2D eigenvalue weighted by Crippen LogP contribution is -2.53. The molecule has 1 aromatic heterocycles. The number of aromatic nitrogens is 3. The van der Waals surface area contributed by atoms with Gasteiger partial charge in [-0.3, -0.25) is 0 Å². The van der Waals surface area contributed by atoms with E-state index in [9.17, 15) is 4.79 Å². The van der Waals surface area contributed by atoms with E-state index in [0.717, 1.165) is 12.8 Å². The van der Waals surface area contributed by atoms with Crippen LogP contribution in [0.2, 0.25) is 5.02 Å². The van der Waals surface area contributed by atoms with E-state index in [1.807, 2.05) is 25.7 Å². The molecule has 10 heteroatoms. The number of carbonyl (C=O) groups excluding carboxylic acids is 1. The highest BCUT2D eigenvalue weighted by Gasteiger charge is 2.63. The minimum Gasteiger partial charge on any atom is -0.472 e. The van der Waals surface area contributed by atoms with Crippen molar-refractivity contribution in [2.45, 2.75) is 63.8 Å². The van der Waals surface area contributed by atoms with Gasteiger partial charge in [-0.15, -0.1) is 10.2 Å². The molecule has 34 heavy (non-hydrogen) atoms. The van der Waals surface area contributed by atoms with Crippen LogP contribution >= 0.6 is 11.6 Å². The zero-order valence-corrected chi connectivity index (χ0v) is 20.5. The van der Waals surface area contributed by atoms with Gasteiger partial charge < -0.3 is 23.8 Å². The van der Waals surface area contributed by atoms with Gasteiger partial charge in [-0.1, -0.05) is 11.6 Å². The first kappa shape index (κ1) is 23.1. The highest BCUT2D eigenvalue weighted by molar-refractivity contribution is 6.30. The van der Waals surface area contributed by atoms with Crippen molar-refractivity contribution in [1.82, 2.24) is 20.1 Å². The maximum absolute atomic E-state index is 12.8.